The van der Waals surface area contributed by atoms with Crippen LogP contribution in [0, 0.1) is 5.92 Å². The molecule has 2 aliphatic rings. The smallest absolute Gasteiger partial charge is 0.417 e. The van der Waals surface area contributed by atoms with Gasteiger partial charge in [0.05, 0.1) is 0 Å². The molecule has 0 saturated heterocycles. The number of hydrogen-bond acceptors (Lipinski definition) is 20. The summed E-state index contributed by atoms with van der Waals surface area (Å²) >= 11 is 13.6. The summed E-state index contributed by atoms with van der Waals surface area (Å²) in [5.74, 6) is -15.6. The molecule has 0 spiro atoms. The van der Waals surface area contributed by atoms with E-state index in [-0.39, 0.29) is 0 Å². The highest BCUT2D eigenvalue weighted by atomic mass is 32.4. The maximum Gasteiger partial charge on any atom is 0.417 e. The van der Waals surface area contributed by atoms with E-state index in [1.807, 2.05) is 97.1 Å². The zero-order valence-corrected chi connectivity index (χ0v) is 81.1. The van der Waals surface area contributed by atoms with Crippen LogP contribution in [0.3, 0.4) is 0 Å². The fraction of sp³-hybridized carbons (Fsp3) is 0.354. The first-order valence-corrected chi connectivity index (χ1v) is 50.2. The summed E-state index contributed by atoms with van der Waals surface area (Å²) in [7, 11) is 0. The fourth-order valence-corrected chi connectivity index (χ4v) is 23.8. The van der Waals surface area contributed by atoms with Gasteiger partial charge in [-0.05, 0) is 155 Å². The number of fused-ring (bicyclic) bond motifs is 6. The number of primary amides is 1. The Balaban J connectivity index is 0.984. The molecule has 36 heteroatoms. The van der Waals surface area contributed by atoms with Crippen molar-refractivity contribution in [2.24, 2.45) is 11.7 Å². The number of amides is 16. The van der Waals surface area contributed by atoms with Crippen molar-refractivity contribution in [3.05, 3.63) is 241 Å². The number of benzene rings is 8. The molecule has 0 saturated carbocycles. The van der Waals surface area contributed by atoms with Crippen LogP contribution in [0.5, 0.6) is 0 Å². The molecule has 11 atom stereocenters. The van der Waals surface area contributed by atoms with Gasteiger partial charge in [0.25, 0.3) is 11.8 Å². The van der Waals surface area contributed by atoms with Crippen molar-refractivity contribution in [1.82, 2.24) is 68.3 Å². The summed E-state index contributed by atoms with van der Waals surface area (Å²) in [6, 6.07) is 40.2. The molecule has 8 aromatic rings. The van der Waals surface area contributed by atoms with Crippen LogP contribution in [-0.4, -0.2) is 208 Å². The molecule has 0 bridgehead atoms. The topological polar surface area (TPSA) is 456 Å². The van der Waals surface area contributed by atoms with E-state index < -0.39 is 228 Å². The van der Waals surface area contributed by atoms with Crippen LogP contribution in [0.15, 0.2) is 218 Å². The summed E-state index contributed by atoms with van der Waals surface area (Å²) in [5, 5.41) is 30.3. The second-order valence-electron chi connectivity index (χ2n) is 35.1. The highest BCUT2D eigenvalue weighted by molar-refractivity contribution is 8.22. The lowest BCUT2D eigenvalue weighted by Crippen LogP contribution is -2.64. The van der Waals surface area contributed by atoms with Gasteiger partial charge in [0.2, 0.25) is 70.9 Å². The van der Waals surface area contributed by atoms with E-state index in [1.54, 1.807) is 121 Å². The van der Waals surface area contributed by atoms with Crippen LogP contribution in [0.25, 0.3) is 22.3 Å². The molecule has 712 valence electrons. The van der Waals surface area contributed by atoms with E-state index in [9.17, 15) is 38.4 Å². The van der Waals surface area contributed by atoms with E-state index in [0.29, 0.717) is 31.0 Å². The minimum atomic E-state index is -3.49. The Morgan fingerprint density at radius 3 is 0.889 bits per heavy atom. The van der Waals surface area contributed by atoms with Gasteiger partial charge in [0.1, 0.15) is 90.8 Å². The summed E-state index contributed by atoms with van der Waals surface area (Å²) < 4.78 is 12.6. The number of rotatable bonds is 39. The lowest BCUT2D eigenvalue weighted by Gasteiger charge is -2.36. The monoisotopic (exact) mass is 1910 g/mol. The predicted molar refractivity (Wildman–Crippen MR) is 521 cm³/mol. The molecule has 0 fully saturated rings. The van der Waals surface area contributed by atoms with Crippen molar-refractivity contribution >= 4 is 152 Å². The standard InChI is InChI=1S/C99H116N14O18P2S2/c1-56(2)82(93(125)113(97(129)131-53-79-76-50-34-30-46-72(76)73-47-31-35-51-77(73)79)81(55-133(135,68-40-24-18-25-41-68)69-42-26-19-27-43-69)91(123)106-60(6)86(118)104-63(9)89(121)110-98(12,13)94(126)107-57(3)83(100)115)109-87(119)61(7)102-85(117)59(5)105-90(122)80(54-132(134,66-36-20-16-21-37-66)67-38-22-17-23-39-67)112(96(128)130-52-78-74-48-32-28-44-70(74)71-45-29-33-49-75(71)78)92(124)64(10)108-95(127)99(14,15)111-88(120)62(8)103-84(116)58(4)101-65(11)114/h16-51,56-64,78-82H,52-55H2,1-15H3,(H2,100,115)(H,101,114)(H,102,117)(H,103,116)(H,104,118)(H,105,122)(H,106,123)(H,107,126)(H,108,127)(H,109,119)(H,110,121)(H,111,120)/t57-,58-,59-,60-,61-,62-,63-,64-,80+,81-,82-/m0/s1. The summed E-state index contributed by atoms with van der Waals surface area (Å²) in [5.41, 5.74) is 8.34. The van der Waals surface area contributed by atoms with Gasteiger partial charge in [-0.15, -0.1) is 0 Å². The Morgan fingerprint density at radius 1 is 0.333 bits per heavy atom. The van der Waals surface area contributed by atoms with Crippen molar-refractivity contribution < 1.29 is 86.2 Å². The number of carbonyl (C=O) groups is 16. The lowest BCUT2D eigenvalue weighted by atomic mass is 9.98. The van der Waals surface area contributed by atoms with Gasteiger partial charge in [-0.25, -0.2) is 19.4 Å². The van der Waals surface area contributed by atoms with Gasteiger partial charge >= 0.3 is 12.2 Å². The molecular formula is C99H116N14O18P2S2. The second-order valence-corrected chi connectivity index (χ2v) is 44.6. The molecule has 0 aliphatic heterocycles. The van der Waals surface area contributed by atoms with E-state index in [2.05, 4.69) is 58.5 Å². The zero-order valence-electron chi connectivity index (χ0n) is 77.7. The number of nitrogens with one attached hydrogen (secondary N) is 11. The van der Waals surface area contributed by atoms with Gasteiger partial charge in [-0.2, -0.15) is 0 Å². The maximum absolute atomic E-state index is 16.5. The first-order valence-electron chi connectivity index (χ1n) is 44.2. The third-order valence-electron chi connectivity index (χ3n) is 23.6. The van der Waals surface area contributed by atoms with Crippen LogP contribution in [0.2, 0.25) is 0 Å². The average molecular weight is 1920 g/mol. The van der Waals surface area contributed by atoms with Crippen molar-refractivity contribution in [2.75, 3.05) is 25.5 Å². The van der Waals surface area contributed by atoms with Crippen LogP contribution in [0.1, 0.15) is 138 Å². The number of nitrogens with zero attached hydrogens (tertiary/aromatic N) is 2. The molecule has 10 rings (SSSR count). The fourth-order valence-electron chi connectivity index (χ4n) is 15.8. The zero-order chi connectivity index (χ0) is 98.9. The first kappa shape index (κ1) is 104. The molecule has 135 heavy (non-hydrogen) atoms. The number of carbonyl (C=O) groups excluding carboxylic acids is 16. The minimum Gasteiger partial charge on any atom is -0.448 e. The number of imide groups is 2. The average Bonchev–Trinajstić information content (AvgIpc) is 1.75. The highest BCUT2D eigenvalue weighted by Crippen LogP contribution is 2.49. The van der Waals surface area contributed by atoms with Crippen molar-refractivity contribution in [1.29, 1.82) is 0 Å². The predicted octanol–water partition coefficient (Wildman–Crippen LogP) is 6.01. The highest BCUT2D eigenvalue weighted by Gasteiger charge is 2.49. The normalized spacial score (nSPS) is 14.7. The Hall–Kier alpha value is -13.4. The molecular weight excluding hydrogens is 1800 g/mol. The number of ether oxygens (including phenoxy) is 2. The van der Waals surface area contributed by atoms with Crippen LogP contribution in [0.4, 0.5) is 9.59 Å². The van der Waals surface area contributed by atoms with Gasteiger partial charge in [-0.1, -0.05) is 256 Å². The van der Waals surface area contributed by atoms with Gasteiger partial charge in [0, 0.05) is 43.2 Å². The van der Waals surface area contributed by atoms with Crippen LogP contribution in [-0.2, 0) is 100 Å². The molecule has 32 nitrogen and oxygen atoms in total. The third kappa shape index (κ3) is 25.0. The quantitative estimate of drug-likeness (QED) is 0.0196. The van der Waals surface area contributed by atoms with Gasteiger partial charge < -0.3 is 73.7 Å². The molecule has 0 heterocycles. The van der Waals surface area contributed by atoms with Gasteiger partial charge in [-0.3, -0.25) is 67.1 Å². The molecule has 0 aromatic heterocycles. The Morgan fingerprint density at radius 2 is 0.593 bits per heavy atom. The van der Waals surface area contributed by atoms with Crippen molar-refractivity contribution in [2.45, 2.75) is 193 Å². The summed E-state index contributed by atoms with van der Waals surface area (Å²) in [4.78, 5) is 234. The Kier molecular flexibility index (Phi) is 34.6. The van der Waals surface area contributed by atoms with E-state index >= 15 is 38.4 Å². The van der Waals surface area contributed by atoms with E-state index in [1.165, 1.54) is 104 Å². The Labute approximate surface area is 794 Å². The first-order chi connectivity index (χ1) is 63.8. The number of nitrogens with two attached hydrogens (primary N) is 1. The molecule has 0 radical (unpaired) electrons. The largest absolute Gasteiger partial charge is 0.448 e. The van der Waals surface area contributed by atoms with Crippen LogP contribution >= 0.6 is 12.1 Å². The maximum atomic E-state index is 16.5. The lowest BCUT2D eigenvalue weighted by molar-refractivity contribution is -0.143. The van der Waals surface area contributed by atoms with Crippen molar-refractivity contribution in [3.8, 4) is 22.3 Å². The molecule has 8 aromatic carbocycles. The second kappa shape index (κ2) is 45.1. The van der Waals surface area contributed by atoms with Gasteiger partial charge in [0.15, 0.2) is 0 Å². The van der Waals surface area contributed by atoms with Crippen molar-refractivity contribution in [3.63, 3.8) is 0 Å². The molecule has 2 aliphatic carbocycles. The summed E-state index contributed by atoms with van der Waals surface area (Å²) in [6.45, 7) is 19.2. The molecule has 0 unspecified atom stereocenters. The minimum absolute atomic E-state index is 0.406. The molecule has 16 amide bonds. The molecule has 13 N–H and O–H groups in total. The third-order valence-corrected chi connectivity index (χ3v) is 33.3. The van der Waals surface area contributed by atoms with E-state index in [0.717, 1.165) is 44.5 Å². The summed E-state index contributed by atoms with van der Waals surface area (Å²) in [6.07, 6.45) is -3.80. The number of hydrogen-bond donors (Lipinski definition) is 12. The van der Waals surface area contributed by atoms with Crippen LogP contribution < -0.4 is 85.4 Å². The SMILES string of the molecule is CC(=O)N[C@@H](C)C(=O)N[C@@H](C)C(=O)NC(C)(C)C(=O)N[C@@H](C)C(=O)N(C(=O)OCC1c2ccccc2-c2ccccc21)[C@H](CP(=S)(c1ccccc1)c1ccccc1)C(=O)N[C@@H](C)C(=O)N[C@@H](C)C(=O)N[C@H](C(=O)N(C(=O)OCC1c2ccccc2-c2ccccc21)[C@@H](CP(=S)(c1ccccc1)c1ccccc1)C(=O)N[C@@H](C)C(=O)N[C@@H](C)C(=O)NC(C)(C)C(=O)N[C@@H](C)C(N)=O)C(C)C. The van der Waals surface area contributed by atoms with E-state index in [4.69, 9.17) is 38.8 Å². The Bertz CT molecular complexity index is 5740.